The molecule has 1 unspecified atom stereocenters. The molecule has 0 spiro atoms. The van der Waals surface area contributed by atoms with E-state index < -0.39 is 0 Å². The lowest BCUT2D eigenvalue weighted by Crippen LogP contribution is -2.20. The molecule has 1 aliphatic rings. The van der Waals surface area contributed by atoms with Gasteiger partial charge in [0, 0.05) is 0 Å². The van der Waals surface area contributed by atoms with Crippen LogP contribution in [0.5, 0.6) is 5.75 Å². The van der Waals surface area contributed by atoms with Crippen LogP contribution < -0.4 is 10.5 Å². The van der Waals surface area contributed by atoms with E-state index in [1.165, 1.54) is 12.8 Å². The van der Waals surface area contributed by atoms with Crippen LogP contribution in [-0.4, -0.2) is 12.6 Å². The van der Waals surface area contributed by atoms with Crippen molar-refractivity contribution in [3.63, 3.8) is 0 Å². The highest BCUT2D eigenvalue weighted by Gasteiger charge is 2.32. The second-order valence-electron chi connectivity index (χ2n) is 4.48. The van der Waals surface area contributed by atoms with E-state index >= 15 is 0 Å². The predicted octanol–water partition coefficient (Wildman–Crippen LogP) is 3.89. The smallest absolute Gasteiger partial charge is 0.139 e. The van der Waals surface area contributed by atoms with Gasteiger partial charge in [0.1, 0.15) is 16.9 Å². The summed E-state index contributed by atoms with van der Waals surface area (Å²) in [6.45, 7) is 0.704. The first-order valence-electron chi connectivity index (χ1n) is 6.03. The lowest BCUT2D eigenvalue weighted by Gasteiger charge is -2.19. The molecule has 0 aromatic heterocycles. The third kappa shape index (κ3) is 3.51. The summed E-state index contributed by atoms with van der Waals surface area (Å²) in [6, 6.07) is 5.49. The van der Waals surface area contributed by atoms with Crippen molar-refractivity contribution in [2.75, 3.05) is 6.54 Å². The molecule has 2 rings (SSSR count). The quantitative estimate of drug-likeness (QED) is 0.854. The van der Waals surface area contributed by atoms with Crippen LogP contribution >= 0.6 is 23.2 Å². The van der Waals surface area contributed by atoms with Crippen LogP contribution in [0.25, 0.3) is 0 Å². The average Bonchev–Trinajstić information content (AvgIpc) is 3.14. The van der Waals surface area contributed by atoms with Gasteiger partial charge >= 0.3 is 0 Å². The molecule has 0 heterocycles. The number of hydrogen-bond donors (Lipinski definition) is 1. The maximum absolute atomic E-state index is 6.11. The van der Waals surface area contributed by atoms with Gasteiger partial charge in [0.05, 0.1) is 5.02 Å². The zero-order valence-electron chi connectivity index (χ0n) is 9.66. The summed E-state index contributed by atoms with van der Waals surface area (Å²) in [6.07, 6.45) is 4.69. The summed E-state index contributed by atoms with van der Waals surface area (Å²) in [5, 5.41) is 1.05. The maximum Gasteiger partial charge on any atom is 0.139 e. The highest BCUT2D eigenvalue weighted by atomic mass is 35.5. The van der Waals surface area contributed by atoms with E-state index in [2.05, 4.69) is 0 Å². The largest absolute Gasteiger partial charge is 0.489 e. The van der Waals surface area contributed by atoms with Crippen LogP contribution in [-0.2, 0) is 0 Å². The summed E-state index contributed by atoms with van der Waals surface area (Å²) in [7, 11) is 0. The molecule has 2 N–H and O–H groups in total. The Morgan fingerprint density at radius 1 is 1.35 bits per heavy atom. The van der Waals surface area contributed by atoms with E-state index in [-0.39, 0.29) is 6.10 Å². The number of rotatable bonds is 6. The molecule has 1 aliphatic carbocycles. The lowest BCUT2D eigenvalue weighted by molar-refractivity contribution is 0.166. The van der Waals surface area contributed by atoms with Crippen molar-refractivity contribution in [2.24, 2.45) is 11.7 Å². The Bertz CT molecular complexity index is 380. The number of ether oxygens (including phenoxy) is 1. The molecule has 17 heavy (non-hydrogen) atoms. The molecule has 94 valence electrons. The topological polar surface area (TPSA) is 35.2 Å². The number of hydrogen-bond acceptors (Lipinski definition) is 2. The molecule has 1 fully saturated rings. The highest BCUT2D eigenvalue weighted by Crippen LogP contribution is 2.39. The van der Waals surface area contributed by atoms with E-state index in [9.17, 15) is 0 Å². The normalized spacial score (nSPS) is 16.9. The molecule has 4 heteroatoms. The molecular weight excluding hydrogens is 257 g/mol. The van der Waals surface area contributed by atoms with Gasteiger partial charge in [-0.15, -0.1) is 0 Å². The molecule has 2 nitrogen and oxygen atoms in total. The minimum absolute atomic E-state index is 0.231. The molecule has 1 atom stereocenters. The third-order valence-electron chi connectivity index (χ3n) is 3.04. The number of nitrogens with two attached hydrogens (primary N) is 1. The minimum Gasteiger partial charge on any atom is -0.489 e. The van der Waals surface area contributed by atoms with Gasteiger partial charge in [-0.25, -0.2) is 0 Å². The summed E-state index contributed by atoms with van der Waals surface area (Å²) in [4.78, 5) is 0. The van der Waals surface area contributed by atoms with Crippen molar-refractivity contribution in [1.29, 1.82) is 0 Å². The Hall–Kier alpha value is -0.440. The SMILES string of the molecule is NCCCC(Oc1cccc(Cl)c1Cl)C1CC1. The van der Waals surface area contributed by atoms with E-state index in [1.807, 2.05) is 12.1 Å². The van der Waals surface area contributed by atoms with Crippen molar-refractivity contribution in [2.45, 2.75) is 31.8 Å². The van der Waals surface area contributed by atoms with Gasteiger partial charge in [0.25, 0.3) is 0 Å². The summed E-state index contributed by atoms with van der Waals surface area (Å²) < 4.78 is 5.98. The molecule has 1 aromatic rings. The fourth-order valence-corrected chi connectivity index (χ4v) is 2.25. The summed E-state index contributed by atoms with van der Waals surface area (Å²) in [5.74, 6) is 1.35. The number of benzene rings is 1. The van der Waals surface area contributed by atoms with Gasteiger partial charge in [-0.2, -0.15) is 0 Å². The van der Waals surface area contributed by atoms with Crippen molar-refractivity contribution in [1.82, 2.24) is 0 Å². The average molecular weight is 274 g/mol. The monoisotopic (exact) mass is 273 g/mol. The first kappa shape index (κ1) is 13.0. The number of halogens is 2. The van der Waals surface area contributed by atoms with E-state index in [0.717, 1.165) is 12.8 Å². The van der Waals surface area contributed by atoms with Gasteiger partial charge in [0.2, 0.25) is 0 Å². The van der Waals surface area contributed by atoms with Crippen LogP contribution in [0.15, 0.2) is 18.2 Å². The fraction of sp³-hybridized carbons (Fsp3) is 0.538. The minimum atomic E-state index is 0.231. The van der Waals surface area contributed by atoms with Crippen LogP contribution in [0, 0.1) is 5.92 Å². The van der Waals surface area contributed by atoms with Crippen LogP contribution in [0.3, 0.4) is 0 Å². The second-order valence-corrected chi connectivity index (χ2v) is 5.26. The summed E-state index contributed by atoms with van der Waals surface area (Å²) in [5.41, 5.74) is 5.54. The molecule has 0 amide bonds. The molecule has 1 saturated carbocycles. The van der Waals surface area contributed by atoms with Gasteiger partial charge in [0.15, 0.2) is 0 Å². The molecular formula is C13H17Cl2NO. The molecule has 0 aliphatic heterocycles. The Morgan fingerprint density at radius 2 is 2.12 bits per heavy atom. The second kappa shape index (κ2) is 5.94. The van der Waals surface area contributed by atoms with Crippen LogP contribution in [0.2, 0.25) is 10.0 Å². The van der Waals surface area contributed by atoms with E-state index in [1.54, 1.807) is 6.07 Å². The molecule has 0 bridgehead atoms. The first-order chi connectivity index (χ1) is 8.22. The van der Waals surface area contributed by atoms with Gasteiger partial charge in [-0.3, -0.25) is 0 Å². The van der Waals surface area contributed by atoms with Crippen LogP contribution in [0.1, 0.15) is 25.7 Å². The first-order valence-corrected chi connectivity index (χ1v) is 6.78. The summed E-state index contributed by atoms with van der Waals surface area (Å²) >= 11 is 12.1. The molecule has 0 saturated heterocycles. The van der Waals surface area contributed by atoms with Crippen molar-refractivity contribution in [3.05, 3.63) is 28.2 Å². The zero-order valence-corrected chi connectivity index (χ0v) is 11.2. The van der Waals surface area contributed by atoms with Gasteiger partial charge in [-0.05, 0) is 50.3 Å². The van der Waals surface area contributed by atoms with Gasteiger partial charge in [-0.1, -0.05) is 29.3 Å². The zero-order chi connectivity index (χ0) is 12.3. The van der Waals surface area contributed by atoms with E-state index in [4.69, 9.17) is 33.7 Å². The van der Waals surface area contributed by atoms with Gasteiger partial charge < -0.3 is 10.5 Å². The Balaban J connectivity index is 2.03. The lowest BCUT2D eigenvalue weighted by atomic mass is 10.1. The predicted molar refractivity (Wildman–Crippen MR) is 71.9 cm³/mol. The molecule has 0 radical (unpaired) electrons. The Kier molecular flexibility index (Phi) is 4.55. The third-order valence-corrected chi connectivity index (χ3v) is 3.84. The maximum atomic E-state index is 6.11. The van der Waals surface area contributed by atoms with Crippen LogP contribution in [0.4, 0.5) is 0 Å². The Labute approximate surface area is 112 Å². The van der Waals surface area contributed by atoms with Crippen molar-refractivity contribution >= 4 is 23.2 Å². The van der Waals surface area contributed by atoms with Crippen molar-refractivity contribution in [3.8, 4) is 5.75 Å². The molecule has 1 aromatic carbocycles. The van der Waals surface area contributed by atoms with E-state index in [0.29, 0.717) is 28.3 Å². The standard InChI is InChI=1S/C13H17Cl2NO/c14-10-3-1-4-12(13(10)15)17-11(5-2-8-16)9-6-7-9/h1,3-4,9,11H,2,5-8,16H2. The highest BCUT2D eigenvalue weighted by molar-refractivity contribution is 6.42. The fourth-order valence-electron chi connectivity index (χ4n) is 1.92. The Morgan fingerprint density at radius 3 is 2.76 bits per heavy atom. The van der Waals surface area contributed by atoms with Crippen molar-refractivity contribution < 1.29 is 4.74 Å².